The van der Waals surface area contributed by atoms with Crippen LogP contribution in [0, 0.1) is 51.7 Å². The number of hydrogen-bond donors (Lipinski definition) is 7. The van der Waals surface area contributed by atoms with Gasteiger partial charge in [-0.2, -0.15) is 0 Å². The van der Waals surface area contributed by atoms with Crippen LogP contribution in [0.2, 0.25) is 0 Å². The minimum atomic E-state index is -0.232. The van der Waals surface area contributed by atoms with Crippen LogP contribution in [0.5, 0.6) is 40.2 Å². The number of aromatic hydroxyl groups is 7. The van der Waals surface area contributed by atoms with E-state index in [-0.39, 0.29) is 80.9 Å². The highest BCUT2D eigenvalue weighted by Crippen LogP contribution is 2.43. The van der Waals surface area contributed by atoms with Gasteiger partial charge in [0.2, 0.25) is 0 Å². The average molecular weight is 2840 g/mol. The van der Waals surface area contributed by atoms with Gasteiger partial charge in [-0.25, -0.2) is 0 Å². The van der Waals surface area contributed by atoms with Crippen molar-refractivity contribution in [3.05, 3.63) is 362 Å². The van der Waals surface area contributed by atoms with Crippen LogP contribution in [0.15, 0.2) is 257 Å². The predicted molar refractivity (Wildman–Crippen MR) is 594 cm³/mol. The van der Waals surface area contributed by atoms with Crippen molar-refractivity contribution in [2.45, 2.75) is 87.5 Å². The Morgan fingerprint density at radius 1 is 0.299 bits per heavy atom. The second kappa shape index (κ2) is 44.6. The number of phenols is 7. The Balaban J connectivity index is 0.000000136. The molecule has 12 aromatic carbocycles. The molecule has 0 aliphatic heterocycles. The number of furan rings is 6. The minimum absolute atomic E-state index is 0.00230. The molecule has 0 spiro atoms. The van der Waals surface area contributed by atoms with Crippen LogP contribution in [0.1, 0.15) is 183 Å². The first kappa shape index (κ1) is 103. The Morgan fingerprint density at radius 3 is 0.993 bits per heavy atom. The Hall–Kier alpha value is -8.47. The third-order valence-electron chi connectivity index (χ3n) is 21.2. The zero-order chi connectivity index (χ0) is 97.0. The smallest absolute Gasteiger partial charge is 0.197 e. The highest BCUT2D eigenvalue weighted by atomic mass is 127. The zero-order valence-corrected chi connectivity index (χ0v) is 93.6. The molecule has 0 atom stereocenters. The van der Waals surface area contributed by atoms with Crippen LogP contribution in [0.3, 0.4) is 0 Å². The molecule has 0 amide bonds. The third kappa shape index (κ3) is 22.6. The van der Waals surface area contributed by atoms with Crippen LogP contribution in [-0.2, 0) is 19.3 Å². The largest absolute Gasteiger partial charge is 0.508 e. The number of rotatable bonds is 17. The first-order valence-electron chi connectivity index (χ1n) is 41.1. The van der Waals surface area contributed by atoms with Gasteiger partial charge < -0.3 is 62.2 Å². The monoisotopic (exact) mass is 2830 g/mol. The summed E-state index contributed by atoms with van der Waals surface area (Å²) in [5, 5.41) is 73.3. The molecule has 30 heteroatoms. The van der Waals surface area contributed by atoms with E-state index in [2.05, 4.69) is 77.6 Å². The molecule has 0 bridgehead atoms. The molecule has 18 rings (SSSR count). The van der Waals surface area contributed by atoms with E-state index in [4.69, 9.17) is 26.5 Å². The van der Waals surface area contributed by atoms with Crippen LogP contribution in [-0.4, -0.2) is 70.4 Å². The van der Waals surface area contributed by atoms with Crippen molar-refractivity contribution in [3.63, 3.8) is 0 Å². The molecule has 18 aromatic rings. The molecule has 0 saturated heterocycles. The SMILES string of the molecule is CC(C)Cc1oc2ccccc2c1C(=O)c1cc(I)c(O)c(I)c1.CC(C)c1oc2ccc(O)cc2c1C(=O)c1cc(Br)c(O)c(Br)c1.CCc1oc2cc(C)ccc2c1C(=O)c1cc(Br)c(O)c(Br)c1.CCc1oc2ccccc2c1C(=O)c1cc(I)c(O)c(I)c1.Cc1oc2ccccc2c1C(=O)c1cc(I)c(O)c(I)c1.Cc1oc2ccccc2c1C(=O)c1ccc(O)c(I)c1. The first-order chi connectivity index (χ1) is 63.7. The Bertz CT molecular complexity index is 7580. The third-order valence-corrected chi connectivity index (χ3v) is 29.4. The van der Waals surface area contributed by atoms with Gasteiger partial charge in [0.1, 0.15) is 108 Å². The average Bonchev–Trinajstić information content (AvgIpc) is 1.63. The van der Waals surface area contributed by atoms with E-state index >= 15 is 0 Å². The fourth-order valence-corrected chi connectivity index (χ4v) is 23.0. The van der Waals surface area contributed by atoms with Gasteiger partial charge >= 0.3 is 0 Å². The number of halogens is 11. The van der Waals surface area contributed by atoms with E-state index in [0.29, 0.717) is 186 Å². The maximum absolute atomic E-state index is 13.2. The van der Waals surface area contributed by atoms with Crippen molar-refractivity contribution in [1.29, 1.82) is 0 Å². The molecule has 19 nitrogen and oxygen atoms in total. The van der Waals surface area contributed by atoms with E-state index in [0.717, 1.165) is 55.0 Å². The number of carbonyl (C=O) groups is 6. The molecule has 0 aliphatic carbocycles. The van der Waals surface area contributed by atoms with Gasteiger partial charge in [-0.05, 0) is 382 Å². The number of hydrogen-bond acceptors (Lipinski definition) is 19. The molecule has 6 aromatic heterocycles. The van der Waals surface area contributed by atoms with Gasteiger partial charge in [-0.3, -0.25) is 28.8 Å². The van der Waals surface area contributed by atoms with Crippen LogP contribution in [0.25, 0.3) is 65.8 Å². The molecule has 134 heavy (non-hydrogen) atoms. The molecular formula is C104H77Br4I7O19. The van der Waals surface area contributed by atoms with Gasteiger partial charge in [0.05, 0.1) is 76.3 Å². The van der Waals surface area contributed by atoms with Crippen molar-refractivity contribution in [2.75, 3.05) is 0 Å². The van der Waals surface area contributed by atoms with Crippen LogP contribution < -0.4 is 0 Å². The summed E-state index contributed by atoms with van der Waals surface area (Å²) in [6, 6.07) is 62.2. The summed E-state index contributed by atoms with van der Waals surface area (Å²) < 4.78 is 41.2. The highest BCUT2D eigenvalue weighted by Gasteiger charge is 2.31. The summed E-state index contributed by atoms with van der Waals surface area (Å²) >= 11 is 27.2. The Labute approximate surface area is 897 Å². The van der Waals surface area contributed by atoms with Gasteiger partial charge in [0, 0.05) is 90.9 Å². The lowest BCUT2D eigenvalue weighted by Gasteiger charge is -2.08. The Kier molecular flexibility index (Phi) is 34.2. The summed E-state index contributed by atoms with van der Waals surface area (Å²) in [5.74, 6) is 4.61. The maximum atomic E-state index is 13.2. The number of carbonyl (C=O) groups excluding carboxylic acids is 6. The fraction of sp³-hybridized carbons (Fsp3) is 0.135. The number of fused-ring (bicyclic) bond motifs is 6. The lowest BCUT2D eigenvalue weighted by atomic mass is 9.96. The van der Waals surface area contributed by atoms with Crippen molar-refractivity contribution in [1.82, 2.24) is 0 Å². The molecule has 0 fully saturated rings. The summed E-state index contributed by atoms with van der Waals surface area (Å²) in [6.07, 6.45) is 2.00. The van der Waals surface area contributed by atoms with E-state index in [1.807, 2.05) is 308 Å². The van der Waals surface area contributed by atoms with Crippen LogP contribution in [0.4, 0.5) is 0 Å². The maximum Gasteiger partial charge on any atom is 0.197 e. The number of ketones is 6. The summed E-state index contributed by atoms with van der Waals surface area (Å²) in [6.45, 7) is 17.6. The number of aryl methyl sites for hydroxylation is 5. The molecule has 0 radical (unpaired) electrons. The second-order valence-corrected chi connectivity index (χ2v) is 42.9. The van der Waals surface area contributed by atoms with E-state index in [1.54, 1.807) is 92.7 Å². The van der Waals surface area contributed by atoms with Gasteiger partial charge in [0.25, 0.3) is 0 Å². The van der Waals surface area contributed by atoms with Crippen LogP contribution >= 0.6 is 222 Å². The number of para-hydroxylation sites is 4. The molecule has 0 saturated carbocycles. The number of phenolic OH excluding ortho intramolecular Hbond substituents is 7. The first-order valence-corrected chi connectivity index (χ1v) is 51.8. The van der Waals surface area contributed by atoms with Gasteiger partial charge in [-0.1, -0.05) is 126 Å². The molecule has 0 unspecified atom stereocenters. The summed E-state index contributed by atoms with van der Waals surface area (Å²) in [7, 11) is 0. The quantitative estimate of drug-likeness (QED) is 0.0329. The second-order valence-electron chi connectivity index (χ2n) is 31.3. The lowest BCUT2D eigenvalue weighted by molar-refractivity contribution is 0.102. The summed E-state index contributed by atoms with van der Waals surface area (Å²) in [5.41, 5.74) is 11.8. The van der Waals surface area contributed by atoms with Crippen molar-refractivity contribution < 1.29 is 91.0 Å². The Morgan fingerprint density at radius 2 is 0.612 bits per heavy atom. The minimum Gasteiger partial charge on any atom is -0.508 e. The predicted octanol–water partition coefficient (Wildman–Crippen LogP) is 31.6. The topological polar surface area (TPSA) is 323 Å². The van der Waals surface area contributed by atoms with E-state index < -0.39 is 0 Å². The van der Waals surface area contributed by atoms with E-state index in [1.165, 1.54) is 18.2 Å². The van der Waals surface area contributed by atoms with Crippen molar-refractivity contribution >= 4 is 322 Å². The number of benzene rings is 12. The van der Waals surface area contributed by atoms with E-state index in [9.17, 15) is 64.5 Å². The molecular weight excluding hydrogens is 2760 g/mol. The van der Waals surface area contributed by atoms with Gasteiger partial charge in [0.15, 0.2) is 34.7 Å². The van der Waals surface area contributed by atoms with Crippen molar-refractivity contribution in [2.24, 2.45) is 5.92 Å². The lowest BCUT2D eigenvalue weighted by Crippen LogP contribution is -2.06. The molecule has 7 N–H and O–H groups in total. The highest BCUT2D eigenvalue weighted by molar-refractivity contribution is 14.1. The standard InChI is InChI=1S/C19H16I2O3.C18H14Br2O4.C18H14Br2O3.C17H12I2O3.C16H10I2O3.C16H11IO3/c1-10(2)7-16-17(12-5-3-4-6-15(12)24-16)18(22)11-8-13(20)19(23)14(21)9-11;1-8(2)18-15(11-7-10(21)3-4-14(11)24-18)16(22)9-5-12(19)17(23)13(20)6-9;1-3-14-16(11-5-4-9(2)6-15(11)23-14)17(21)10-7-12(19)18(22)13(20)8-10;1-2-13-15(10-5-3-4-6-14(10)22-13)16(20)9-7-11(18)17(21)12(19)8-9;1-8-14(10-4-2-3-5-13(10)21-8)15(19)9-6-11(17)16(20)12(18)7-9;1-9-15(11-4-2-3-5-14(11)20-9)16(19)10-6-7-13(18)12(17)8-10/h3-6,8-10,23H,7H2,1-2H3;3-8,21,23H,1-2H3;4-8,22H,3H2,1-2H3;3-8,21H,2H2,1H3;2-7,20H,1H3;2-8,18H,1H3. The normalized spacial score (nSPS) is 11.1. The summed E-state index contributed by atoms with van der Waals surface area (Å²) in [4.78, 5) is 77.8. The van der Waals surface area contributed by atoms with Crippen molar-refractivity contribution in [3.8, 4) is 40.2 Å². The zero-order valence-electron chi connectivity index (χ0n) is 72.2. The fourth-order valence-electron chi connectivity index (χ4n) is 14.8. The molecule has 6 heterocycles. The molecule has 684 valence electrons. The molecule has 0 aliphatic rings. The van der Waals surface area contributed by atoms with Gasteiger partial charge in [-0.15, -0.1) is 0 Å².